The van der Waals surface area contributed by atoms with E-state index in [0.29, 0.717) is 11.3 Å². The monoisotopic (exact) mass is 684 g/mol. The Morgan fingerprint density at radius 3 is 2.31 bits per heavy atom. The lowest BCUT2D eigenvalue weighted by molar-refractivity contribution is -0.143. The number of aliphatic hydroxyl groups is 2. The van der Waals surface area contributed by atoms with Crippen LogP contribution in [-0.2, 0) is 25.7 Å². The van der Waals surface area contributed by atoms with Crippen LogP contribution in [-0.4, -0.2) is 99.7 Å². The molecule has 3 rings (SSSR count). The summed E-state index contributed by atoms with van der Waals surface area (Å²) in [6.07, 6.45) is 1.81. The van der Waals surface area contributed by atoms with Crippen molar-refractivity contribution in [3.8, 4) is 11.1 Å². The first-order valence-corrected chi connectivity index (χ1v) is 16.0. The summed E-state index contributed by atoms with van der Waals surface area (Å²) in [6, 6.07) is 11.7. The van der Waals surface area contributed by atoms with Crippen molar-refractivity contribution in [1.82, 2.24) is 25.0 Å². The minimum atomic E-state index is -1.63. The topological polar surface area (TPSA) is 170 Å². The highest BCUT2D eigenvalue weighted by atomic mass is 19.1. The van der Waals surface area contributed by atoms with Crippen LogP contribution in [0.1, 0.15) is 50.9 Å². The lowest BCUT2D eigenvalue weighted by Crippen LogP contribution is -2.50. The van der Waals surface area contributed by atoms with Gasteiger partial charge in [0.1, 0.15) is 24.3 Å². The van der Waals surface area contributed by atoms with Gasteiger partial charge in [-0.2, -0.15) is 0 Å². The molecule has 6 N–H and O–H groups in total. The van der Waals surface area contributed by atoms with Crippen LogP contribution in [0.4, 0.5) is 8.78 Å². The van der Waals surface area contributed by atoms with Crippen molar-refractivity contribution in [3.05, 3.63) is 83.7 Å². The predicted octanol–water partition coefficient (Wildman–Crippen LogP) is 1.93. The summed E-state index contributed by atoms with van der Waals surface area (Å²) >= 11 is 0. The molecule has 0 spiro atoms. The number of rotatable bonds is 17. The van der Waals surface area contributed by atoms with Gasteiger partial charge in [0.15, 0.2) is 0 Å². The molecule has 49 heavy (non-hydrogen) atoms. The quantitative estimate of drug-likeness (QED) is 0.135. The van der Waals surface area contributed by atoms with Crippen LogP contribution in [0.5, 0.6) is 0 Å². The minimum absolute atomic E-state index is 0.0149. The third-order valence-corrected chi connectivity index (χ3v) is 7.95. The van der Waals surface area contributed by atoms with Crippen LogP contribution in [0.3, 0.4) is 0 Å². The zero-order chi connectivity index (χ0) is 36.3. The molecule has 3 aromatic rings. The van der Waals surface area contributed by atoms with Gasteiger partial charge in [-0.1, -0.05) is 37.3 Å². The molecule has 0 bridgehead atoms. The van der Waals surface area contributed by atoms with Gasteiger partial charge in [0.05, 0.1) is 18.2 Å². The number of halogens is 2. The molecular formula is C35H46F2N6O6. The van der Waals surface area contributed by atoms with Gasteiger partial charge in [0.25, 0.3) is 0 Å². The standard InChI is InChI=1S/C35H46F2N6O6/c1-5-31(46)41(4)21-30(45)39-14-15-40-34(48)28(38)13-16-43(32(47)22-44)33(35(2,3)49)29-17-24(26-18-25(36)11-12-27(26)37)20-42(29)19-23-9-7-6-8-10-23/h6-12,17-18,20,28,33,44,49H,5,13-16,19,21-22,38H2,1-4H3,(H,39,45)(H,40,48)/t28-,33?/m0/s1. The highest BCUT2D eigenvalue weighted by Crippen LogP contribution is 2.37. The van der Waals surface area contributed by atoms with Gasteiger partial charge in [-0.05, 0) is 50.1 Å². The first-order valence-electron chi connectivity index (χ1n) is 16.0. The molecule has 1 heterocycles. The minimum Gasteiger partial charge on any atom is -0.388 e. The van der Waals surface area contributed by atoms with Crippen molar-refractivity contribution in [1.29, 1.82) is 0 Å². The SMILES string of the molecule is CCC(=O)N(C)CC(=O)NCCNC(=O)[C@@H](N)CCN(C(=O)CO)C(c1cc(-c2cc(F)ccc2F)cn1Cc1ccccc1)C(C)(C)O. The summed E-state index contributed by atoms with van der Waals surface area (Å²) in [7, 11) is 1.52. The van der Waals surface area contributed by atoms with E-state index in [0.717, 1.165) is 23.8 Å². The third-order valence-electron chi connectivity index (χ3n) is 7.95. The average Bonchev–Trinajstić information content (AvgIpc) is 3.46. The molecule has 1 unspecified atom stereocenters. The Hall–Kier alpha value is -4.66. The zero-order valence-corrected chi connectivity index (χ0v) is 28.3. The van der Waals surface area contributed by atoms with E-state index < -0.39 is 47.7 Å². The summed E-state index contributed by atoms with van der Waals surface area (Å²) in [5, 5.41) is 26.7. The number of hydrogen-bond donors (Lipinski definition) is 5. The van der Waals surface area contributed by atoms with Crippen LogP contribution in [0.2, 0.25) is 0 Å². The molecule has 0 aliphatic heterocycles. The van der Waals surface area contributed by atoms with E-state index in [1.807, 2.05) is 30.3 Å². The van der Waals surface area contributed by atoms with Crippen molar-refractivity contribution in [3.63, 3.8) is 0 Å². The van der Waals surface area contributed by atoms with Crippen molar-refractivity contribution < 1.29 is 38.2 Å². The van der Waals surface area contributed by atoms with Gasteiger partial charge >= 0.3 is 0 Å². The van der Waals surface area contributed by atoms with Crippen molar-refractivity contribution in [2.75, 3.05) is 39.8 Å². The Labute approximate surface area is 284 Å². The molecule has 2 aromatic carbocycles. The number of nitrogens with zero attached hydrogens (tertiary/aromatic N) is 3. The lowest BCUT2D eigenvalue weighted by Gasteiger charge is -2.40. The Bertz CT molecular complexity index is 1590. The van der Waals surface area contributed by atoms with Gasteiger partial charge in [0, 0.05) is 62.7 Å². The lowest BCUT2D eigenvalue weighted by atomic mass is 9.92. The van der Waals surface area contributed by atoms with Crippen LogP contribution in [0.25, 0.3) is 11.1 Å². The Balaban J connectivity index is 1.83. The average molecular weight is 685 g/mol. The fourth-order valence-electron chi connectivity index (χ4n) is 5.49. The maximum Gasteiger partial charge on any atom is 0.248 e. The van der Waals surface area contributed by atoms with Crippen molar-refractivity contribution in [2.45, 2.75) is 57.8 Å². The van der Waals surface area contributed by atoms with E-state index in [-0.39, 0.29) is 62.9 Å². The normalized spacial score (nSPS) is 12.6. The number of carbonyl (C=O) groups excluding carboxylic acids is 4. The Kier molecular flexibility index (Phi) is 14.0. The van der Waals surface area contributed by atoms with E-state index >= 15 is 0 Å². The first-order chi connectivity index (χ1) is 23.2. The number of nitrogens with one attached hydrogen (secondary N) is 2. The Morgan fingerprint density at radius 1 is 1.00 bits per heavy atom. The summed E-state index contributed by atoms with van der Waals surface area (Å²) < 4.78 is 30.9. The molecule has 0 saturated heterocycles. The second-order valence-corrected chi connectivity index (χ2v) is 12.3. The van der Waals surface area contributed by atoms with Gasteiger partial charge < -0.3 is 40.9 Å². The van der Waals surface area contributed by atoms with E-state index in [2.05, 4.69) is 10.6 Å². The molecule has 0 aliphatic carbocycles. The number of benzene rings is 2. The summed E-state index contributed by atoms with van der Waals surface area (Å²) in [5.41, 5.74) is 6.06. The number of carbonyl (C=O) groups is 4. The summed E-state index contributed by atoms with van der Waals surface area (Å²) in [4.78, 5) is 52.3. The summed E-state index contributed by atoms with van der Waals surface area (Å²) in [6.45, 7) is 3.87. The first kappa shape index (κ1) is 38.8. The predicted molar refractivity (Wildman–Crippen MR) is 180 cm³/mol. The van der Waals surface area contributed by atoms with Gasteiger partial charge in [0.2, 0.25) is 23.6 Å². The third kappa shape index (κ3) is 10.9. The van der Waals surface area contributed by atoms with Gasteiger partial charge in [-0.25, -0.2) is 8.78 Å². The number of nitrogens with two attached hydrogens (primary N) is 1. The number of likely N-dealkylation sites (N-methyl/N-ethyl adjacent to an activating group) is 1. The molecule has 0 radical (unpaired) electrons. The molecule has 14 heteroatoms. The Morgan fingerprint density at radius 2 is 1.67 bits per heavy atom. The second kappa shape index (κ2) is 17.7. The van der Waals surface area contributed by atoms with Crippen molar-refractivity contribution >= 4 is 23.6 Å². The van der Waals surface area contributed by atoms with E-state index in [1.165, 1.54) is 30.7 Å². The van der Waals surface area contributed by atoms with E-state index in [4.69, 9.17) is 5.73 Å². The van der Waals surface area contributed by atoms with Crippen molar-refractivity contribution in [2.24, 2.45) is 5.73 Å². The number of amides is 4. The van der Waals surface area contributed by atoms with Gasteiger partial charge in [-0.15, -0.1) is 0 Å². The summed E-state index contributed by atoms with van der Waals surface area (Å²) in [5.74, 6) is -3.18. The fraction of sp³-hybridized carbons (Fsp3) is 0.429. The smallest absolute Gasteiger partial charge is 0.248 e. The molecule has 266 valence electrons. The van der Waals surface area contributed by atoms with E-state index in [9.17, 15) is 38.2 Å². The highest BCUT2D eigenvalue weighted by molar-refractivity contribution is 5.84. The van der Waals surface area contributed by atoms with Crippen LogP contribution in [0, 0.1) is 11.6 Å². The highest BCUT2D eigenvalue weighted by Gasteiger charge is 2.39. The molecule has 12 nitrogen and oxygen atoms in total. The fourth-order valence-corrected chi connectivity index (χ4v) is 5.49. The van der Waals surface area contributed by atoms with Crippen LogP contribution in [0.15, 0.2) is 60.8 Å². The van der Waals surface area contributed by atoms with Gasteiger partial charge in [-0.3, -0.25) is 19.2 Å². The molecular weight excluding hydrogens is 638 g/mol. The number of hydrogen-bond acceptors (Lipinski definition) is 7. The maximum absolute atomic E-state index is 14.9. The molecule has 2 atom stereocenters. The number of aliphatic hydroxyl groups excluding tert-OH is 1. The second-order valence-electron chi connectivity index (χ2n) is 12.3. The largest absolute Gasteiger partial charge is 0.388 e. The van der Waals surface area contributed by atoms with Crippen LogP contribution >= 0.6 is 0 Å². The molecule has 0 aliphatic rings. The number of aromatic nitrogens is 1. The molecule has 0 saturated carbocycles. The maximum atomic E-state index is 14.9. The zero-order valence-electron chi connectivity index (χ0n) is 28.3. The molecule has 1 aromatic heterocycles. The molecule has 0 fully saturated rings. The molecule has 4 amide bonds. The van der Waals surface area contributed by atoms with E-state index in [1.54, 1.807) is 23.8 Å². The van der Waals surface area contributed by atoms with Crippen LogP contribution < -0.4 is 16.4 Å².